The predicted octanol–water partition coefficient (Wildman–Crippen LogP) is 3.92. The van der Waals surface area contributed by atoms with Crippen LogP contribution in [0.2, 0.25) is 5.02 Å². The summed E-state index contributed by atoms with van der Waals surface area (Å²) in [6, 6.07) is 13.8. The summed E-state index contributed by atoms with van der Waals surface area (Å²) in [4.78, 5) is 27.4. The number of primary amides is 1. The number of esters is 1. The first-order valence-corrected chi connectivity index (χ1v) is 8.56. The number of benzene rings is 2. The van der Waals surface area contributed by atoms with Crippen molar-refractivity contribution in [3.63, 3.8) is 0 Å². The monoisotopic (exact) mass is 372 g/mol. The molecule has 2 aromatic carbocycles. The number of hydrogen-bond acceptors (Lipinski definition) is 5. The number of nitrogens with zero attached hydrogens (tertiary/aromatic N) is 1. The fourth-order valence-corrected chi connectivity index (χ4v) is 3.09. The van der Waals surface area contributed by atoms with E-state index in [1.54, 1.807) is 41.8 Å². The number of carbonyl (C=O) groups is 2. The average molecular weight is 373 g/mol. The van der Waals surface area contributed by atoms with Crippen LogP contribution in [0.1, 0.15) is 26.4 Å². The third kappa shape index (κ3) is 4.23. The predicted molar refractivity (Wildman–Crippen MR) is 96.6 cm³/mol. The topological polar surface area (TPSA) is 82.3 Å². The number of amides is 1. The summed E-state index contributed by atoms with van der Waals surface area (Å²) >= 11 is 7.31. The summed E-state index contributed by atoms with van der Waals surface area (Å²) in [7, 11) is 0. The van der Waals surface area contributed by atoms with Gasteiger partial charge in [-0.1, -0.05) is 35.9 Å². The molecule has 1 aromatic heterocycles. The van der Waals surface area contributed by atoms with E-state index in [1.165, 1.54) is 11.3 Å². The highest BCUT2D eigenvalue weighted by Gasteiger charge is 2.13. The van der Waals surface area contributed by atoms with Gasteiger partial charge in [0.05, 0.1) is 0 Å². The standard InChI is InChI=1S/C18H13ClN2O3S/c19-14-3-1-2-13(8-14)17-21-15(10-25-17)18(23)24-9-11-4-6-12(7-5-11)16(20)22/h1-8,10H,9H2,(H2,20,22). The molecule has 0 unspecified atom stereocenters. The van der Waals surface area contributed by atoms with Crippen molar-refractivity contribution in [2.45, 2.75) is 6.61 Å². The Morgan fingerprint density at radius 3 is 2.60 bits per heavy atom. The number of hydrogen-bond donors (Lipinski definition) is 1. The lowest BCUT2D eigenvalue weighted by atomic mass is 10.1. The quantitative estimate of drug-likeness (QED) is 0.688. The van der Waals surface area contributed by atoms with Crippen LogP contribution in [0, 0.1) is 0 Å². The third-order valence-electron chi connectivity index (χ3n) is 3.39. The lowest BCUT2D eigenvalue weighted by Gasteiger charge is -2.04. The molecule has 7 heteroatoms. The number of thiazole rings is 1. The second-order valence-electron chi connectivity index (χ2n) is 5.19. The van der Waals surface area contributed by atoms with Gasteiger partial charge in [0.1, 0.15) is 11.6 Å². The highest BCUT2D eigenvalue weighted by Crippen LogP contribution is 2.26. The van der Waals surface area contributed by atoms with Crippen molar-refractivity contribution in [1.82, 2.24) is 4.98 Å². The summed E-state index contributed by atoms with van der Waals surface area (Å²) in [5.74, 6) is -1.01. The van der Waals surface area contributed by atoms with E-state index in [1.807, 2.05) is 12.1 Å². The van der Waals surface area contributed by atoms with E-state index in [9.17, 15) is 9.59 Å². The molecule has 3 aromatic rings. The highest BCUT2D eigenvalue weighted by atomic mass is 35.5. The minimum absolute atomic E-state index is 0.0852. The zero-order valence-electron chi connectivity index (χ0n) is 12.9. The van der Waals surface area contributed by atoms with Crippen molar-refractivity contribution in [3.05, 3.63) is 75.8 Å². The Morgan fingerprint density at radius 2 is 1.92 bits per heavy atom. The Balaban J connectivity index is 1.65. The van der Waals surface area contributed by atoms with Crippen LogP contribution in [0.15, 0.2) is 53.9 Å². The molecule has 2 N–H and O–H groups in total. The number of nitrogens with two attached hydrogens (primary N) is 1. The number of rotatable bonds is 5. The van der Waals surface area contributed by atoms with Crippen LogP contribution in [0.3, 0.4) is 0 Å². The summed E-state index contributed by atoms with van der Waals surface area (Å²) < 4.78 is 5.25. The van der Waals surface area contributed by atoms with Crippen LogP contribution in [0.4, 0.5) is 0 Å². The van der Waals surface area contributed by atoms with E-state index >= 15 is 0 Å². The van der Waals surface area contributed by atoms with E-state index in [4.69, 9.17) is 22.1 Å². The van der Waals surface area contributed by atoms with Gasteiger partial charge >= 0.3 is 5.97 Å². The maximum Gasteiger partial charge on any atom is 0.358 e. The molecule has 0 aliphatic rings. The molecule has 0 spiro atoms. The smallest absolute Gasteiger partial charge is 0.358 e. The van der Waals surface area contributed by atoms with Crippen molar-refractivity contribution in [1.29, 1.82) is 0 Å². The van der Waals surface area contributed by atoms with Crippen LogP contribution in [-0.4, -0.2) is 16.9 Å². The zero-order chi connectivity index (χ0) is 17.8. The van der Waals surface area contributed by atoms with E-state index in [-0.39, 0.29) is 12.3 Å². The molecule has 0 saturated carbocycles. The van der Waals surface area contributed by atoms with Crippen LogP contribution in [0.25, 0.3) is 10.6 Å². The van der Waals surface area contributed by atoms with Gasteiger partial charge in [0.15, 0.2) is 5.69 Å². The van der Waals surface area contributed by atoms with Gasteiger partial charge in [0.2, 0.25) is 5.91 Å². The van der Waals surface area contributed by atoms with Gasteiger partial charge in [-0.15, -0.1) is 11.3 Å². The van der Waals surface area contributed by atoms with E-state index in [0.717, 1.165) is 11.1 Å². The van der Waals surface area contributed by atoms with Gasteiger partial charge in [-0.25, -0.2) is 9.78 Å². The van der Waals surface area contributed by atoms with Gasteiger partial charge in [-0.05, 0) is 29.8 Å². The minimum Gasteiger partial charge on any atom is -0.456 e. The van der Waals surface area contributed by atoms with Gasteiger partial charge < -0.3 is 10.5 Å². The zero-order valence-corrected chi connectivity index (χ0v) is 14.5. The molecule has 3 rings (SSSR count). The van der Waals surface area contributed by atoms with Gasteiger partial charge in [-0.2, -0.15) is 0 Å². The Bertz CT molecular complexity index is 922. The molecule has 0 atom stereocenters. The molecule has 0 aliphatic carbocycles. The SMILES string of the molecule is NC(=O)c1ccc(COC(=O)c2csc(-c3cccc(Cl)c3)n2)cc1. The molecule has 0 radical (unpaired) electrons. The number of carbonyl (C=O) groups excluding carboxylic acids is 2. The largest absolute Gasteiger partial charge is 0.456 e. The van der Waals surface area contributed by atoms with Crippen LogP contribution >= 0.6 is 22.9 Å². The van der Waals surface area contributed by atoms with Crippen molar-refractivity contribution >= 4 is 34.8 Å². The summed E-state index contributed by atoms with van der Waals surface area (Å²) in [5.41, 5.74) is 7.43. The first-order chi connectivity index (χ1) is 12.0. The van der Waals surface area contributed by atoms with Crippen molar-refractivity contribution in [3.8, 4) is 10.6 Å². The number of halogens is 1. The Morgan fingerprint density at radius 1 is 1.16 bits per heavy atom. The first kappa shape index (κ1) is 17.1. The fraction of sp³-hybridized carbons (Fsp3) is 0.0556. The van der Waals surface area contributed by atoms with E-state index in [0.29, 0.717) is 15.6 Å². The Hall–Kier alpha value is -2.70. The van der Waals surface area contributed by atoms with Crippen LogP contribution in [-0.2, 0) is 11.3 Å². The van der Waals surface area contributed by atoms with Crippen LogP contribution < -0.4 is 5.73 Å². The molecule has 0 saturated heterocycles. The summed E-state index contributed by atoms with van der Waals surface area (Å²) in [6.45, 7) is 0.0852. The average Bonchev–Trinajstić information content (AvgIpc) is 3.10. The second-order valence-corrected chi connectivity index (χ2v) is 6.48. The van der Waals surface area contributed by atoms with E-state index < -0.39 is 11.9 Å². The lowest BCUT2D eigenvalue weighted by molar-refractivity contribution is 0.0466. The van der Waals surface area contributed by atoms with E-state index in [2.05, 4.69) is 4.98 Å². The first-order valence-electron chi connectivity index (χ1n) is 7.30. The molecular weight excluding hydrogens is 360 g/mol. The third-order valence-corrected chi connectivity index (χ3v) is 4.52. The van der Waals surface area contributed by atoms with Gasteiger partial charge in [-0.3, -0.25) is 4.79 Å². The fourth-order valence-electron chi connectivity index (χ4n) is 2.11. The Labute approximate surface area is 153 Å². The van der Waals surface area contributed by atoms with Gasteiger partial charge in [0, 0.05) is 21.5 Å². The highest BCUT2D eigenvalue weighted by molar-refractivity contribution is 7.13. The molecule has 0 fully saturated rings. The molecule has 1 amide bonds. The van der Waals surface area contributed by atoms with Crippen molar-refractivity contribution in [2.24, 2.45) is 5.73 Å². The van der Waals surface area contributed by atoms with Crippen LogP contribution in [0.5, 0.6) is 0 Å². The molecular formula is C18H13ClN2O3S. The second kappa shape index (κ2) is 7.46. The number of ether oxygens (including phenoxy) is 1. The molecule has 126 valence electrons. The summed E-state index contributed by atoms with van der Waals surface area (Å²) in [6.07, 6.45) is 0. The maximum atomic E-state index is 12.1. The maximum absolute atomic E-state index is 12.1. The summed E-state index contributed by atoms with van der Waals surface area (Å²) in [5, 5.41) is 2.95. The van der Waals surface area contributed by atoms with Gasteiger partial charge in [0.25, 0.3) is 0 Å². The van der Waals surface area contributed by atoms with Crippen molar-refractivity contribution in [2.75, 3.05) is 0 Å². The normalized spacial score (nSPS) is 10.4. The molecule has 0 aliphatic heterocycles. The number of aromatic nitrogens is 1. The molecule has 0 bridgehead atoms. The molecule has 25 heavy (non-hydrogen) atoms. The van der Waals surface area contributed by atoms with Crippen molar-refractivity contribution < 1.29 is 14.3 Å². The minimum atomic E-state index is -0.511. The Kier molecular flexibility index (Phi) is 5.11. The lowest BCUT2D eigenvalue weighted by Crippen LogP contribution is -2.11. The molecule has 1 heterocycles. The molecule has 5 nitrogen and oxygen atoms in total.